The molecule has 0 aromatic heterocycles. The second-order valence-corrected chi connectivity index (χ2v) is 3.57. The van der Waals surface area contributed by atoms with Gasteiger partial charge >= 0.3 is 0 Å². The van der Waals surface area contributed by atoms with Crippen molar-refractivity contribution in [2.45, 2.75) is 5.92 Å². The Kier molecular flexibility index (Phi) is 3.80. The molecule has 0 aliphatic heterocycles. The van der Waals surface area contributed by atoms with Crippen LogP contribution in [0.3, 0.4) is 0 Å². The first-order valence-corrected chi connectivity index (χ1v) is 4.73. The predicted molar refractivity (Wildman–Crippen MR) is 56.9 cm³/mol. The lowest BCUT2D eigenvalue weighted by Crippen LogP contribution is -2.32. The molecule has 1 rings (SSSR count). The molecule has 0 spiro atoms. The molecule has 0 fully saturated rings. The number of amides is 1. The van der Waals surface area contributed by atoms with Crippen molar-refractivity contribution in [3.63, 3.8) is 0 Å². The van der Waals surface area contributed by atoms with Crippen molar-refractivity contribution < 1.29 is 9.18 Å². The van der Waals surface area contributed by atoms with Gasteiger partial charge in [-0.05, 0) is 17.7 Å². The van der Waals surface area contributed by atoms with Gasteiger partial charge in [-0.25, -0.2) is 4.39 Å². The summed E-state index contributed by atoms with van der Waals surface area (Å²) in [5.74, 6) is -0.767. The van der Waals surface area contributed by atoms with Crippen molar-refractivity contribution in [2.75, 3.05) is 20.6 Å². The molecule has 0 saturated carbocycles. The van der Waals surface area contributed by atoms with Crippen LogP contribution >= 0.6 is 0 Å². The zero-order valence-electron chi connectivity index (χ0n) is 8.90. The van der Waals surface area contributed by atoms with Crippen LogP contribution in [0.2, 0.25) is 0 Å². The number of rotatable bonds is 3. The summed E-state index contributed by atoms with van der Waals surface area (Å²) in [6, 6.07) is 5.85. The average Bonchev–Trinajstić information content (AvgIpc) is 2.21. The van der Waals surface area contributed by atoms with Gasteiger partial charge < -0.3 is 10.6 Å². The molecule has 0 aliphatic carbocycles. The van der Waals surface area contributed by atoms with Crippen LogP contribution in [0.15, 0.2) is 24.3 Å². The number of hydrogen-bond acceptors (Lipinski definition) is 2. The molecule has 1 atom stereocenters. The van der Waals surface area contributed by atoms with Gasteiger partial charge in [-0.15, -0.1) is 0 Å². The zero-order chi connectivity index (χ0) is 11.4. The largest absolute Gasteiger partial charge is 0.348 e. The standard InChI is InChI=1S/C11H15FN2O/c1-14(2)11(15)10(7-13)8-3-5-9(12)6-4-8/h3-6,10H,7,13H2,1-2H3. The van der Waals surface area contributed by atoms with Gasteiger partial charge in [0, 0.05) is 20.6 Å². The smallest absolute Gasteiger partial charge is 0.230 e. The quantitative estimate of drug-likeness (QED) is 0.807. The third kappa shape index (κ3) is 2.76. The molecule has 15 heavy (non-hydrogen) atoms. The van der Waals surface area contributed by atoms with Crippen molar-refractivity contribution in [1.29, 1.82) is 0 Å². The second kappa shape index (κ2) is 4.89. The van der Waals surface area contributed by atoms with E-state index in [1.807, 2.05) is 0 Å². The molecule has 1 unspecified atom stereocenters. The van der Waals surface area contributed by atoms with Gasteiger partial charge in [0.05, 0.1) is 5.92 Å². The van der Waals surface area contributed by atoms with Gasteiger partial charge in [0.1, 0.15) is 5.82 Å². The fourth-order valence-corrected chi connectivity index (χ4v) is 1.39. The minimum absolute atomic E-state index is 0.0656. The number of carbonyl (C=O) groups excluding carboxylic acids is 1. The van der Waals surface area contributed by atoms with Gasteiger partial charge in [0.15, 0.2) is 0 Å². The van der Waals surface area contributed by atoms with E-state index in [4.69, 9.17) is 5.73 Å². The first-order valence-electron chi connectivity index (χ1n) is 4.73. The molecule has 2 N–H and O–H groups in total. The highest BCUT2D eigenvalue weighted by Crippen LogP contribution is 2.16. The highest BCUT2D eigenvalue weighted by Gasteiger charge is 2.20. The Morgan fingerprint density at radius 3 is 2.33 bits per heavy atom. The Labute approximate surface area is 88.7 Å². The van der Waals surface area contributed by atoms with Gasteiger partial charge in [-0.3, -0.25) is 4.79 Å². The number of halogens is 1. The fraction of sp³-hybridized carbons (Fsp3) is 0.364. The van der Waals surface area contributed by atoms with Crippen molar-refractivity contribution >= 4 is 5.91 Å². The van der Waals surface area contributed by atoms with E-state index in [0.29, 0.717) is 0 Å². The van der Waals surface area contributed by atoms with Crippen molar-refractivity contribution in [3.8, 4) is 0 Å². The Morgan fingerprint density at radius 1 is 1.40 bits per heavy atom. The number of carbonyl (C=O) groups is 1. The number of nitrogens with zero attached hydrogens (tertiary/aromatic N) is 1. The molecular formula is C11H15FN2O. The van der Waals surface area contributed by atoms with Crippen LogP contribution in [0.4, 0.5) is 4.39 Å². The summed E-state index contributed by atoms with van der Waals surface area (Å²) >= 11 is 0. The third-order valence-corrected chi connectivity index (χ3v) is 2.25. The number of nitrogens with two attached hydrogens (primary N) is 1. The van der Waals surface area contributed by atoms with E-state index in [1.165, 1.54) is 17.0 Å². The van der Waals surface area contributed by atoms with Gasteiger partial charge in [0.25, 0.3) is 0 Å². The highest BCUT2D eigenvalue weighted by atomic mass is 19.1. The zero-order valence-corrected chi connectivity index (χ0v) is 8.90. The molecule has 3 nitrogen and oxygen atoms in total. The summed E-state index contributed by atoms with van der Waals surface area (Å²) < 4.78 is 12.7. The molecule has 0 radical (unpaired) electrons. The summed E-state index contributed by atoms with van der Waals surface area (Å²) in [7, 11) is 3.35. The van der Waals surface area contributed by atoms with Gasteiger partial charge in [0.2, 0.25) is 5.91 Å². The number of hydrogen-bond donors (Lipinski definition) is 1. The Hall–Kier alpha value is -1.42. The van der Waals surface area contributed by atoms with E-state index >= 15 is 0 Å². The summed E-state index contributed by atoms with van der Waals surface area (Å²) in [5.41, 5.74) is 6.29. The lowest BCUT2D eigenvalue weighted by molar-refractivity contribution is -0.130. The van der Waals surface area contributed by atoms with Crippen molar-refractivity contribution in [1.82, 2.24) is 4.90 Å². The Balaban J connectivity index is 2.92. The predicted octanol–water partition coefficient (Wildman–Crippen LogP) is 0.956. The maximum Gasteiger partial charge on any atom is 0.230 e. The van der Waals surface area contributed by atoms with E-state index in [0.717, 1.165) is 5.56 Å². The summed E-state index contributed by atoms with van der Waals surface area (Å²) in [4.78, 5) is 13.2. The summed E-state index contributed by atoms with van der Waals surface area (Å²) in [5, 5.41) is 0. The lowest BCUT2D eigenvalue weighted by atomic mass is 9.98. The van der Waals surface area contributed by atoms with Crippen LogP contribution < -0.4 is 5.73 Å². The molecule has 1 amide bonds. The van der Waals surface area contributed by atoms with E-state index < -0.39 is 0 Å². The first-order chi connectivity index (χ1) is 7.06. The summed E-state index contributed by atoms with van der Waals surface area (Å²) in [6.07, 6.45) is 0. The fourth-order valence-electron chi connectivity index (χ4n) is 1.39. The van der Waals surface area contributed by atoms with E-state index in [2.05, 4.69) is 0 Å². The minimum atomic E-state index is -0.388. The number of benzene rings is 1. The van der Waals surface area contributed by atoms with Crippen molar-refractivity contribution in [3.05, 3.63) is 35.6 Å². The van der Waals surface area contributed by atoms with Gasteiger partial charge in [-0.1, -0.05) is 12.1 Å². The highest BCUT2D eigenvalue weighted by molar-refractivity contribution is 5.83. The number of likely N-dealkylation sites (N-methyl/N-ethyl adjacent to an activating group) is 1. The second-order valence-electron chi connectivity index (χ2n) is 3.57. The van der Waals surface area contributed by atoms with Gasteiger partial charge in [-0.2, -0.15) is 0 Å². The third-order valence-electron chi connectivity index (χ3n) is 2.25. The lowest BCUT2D eigenvalue weighted by Gasteiger charge is -2.19. The Bertz CT molecular complexity index is 335. The topological polar surface area (TPSA) is 46.3 Å². The monoisotopic (exact) mass is 210 g/mol. The minimum Gasteiger partial charge on any atom is -0.348 e. The van der Waals surface area contributed by atoms with Crippen LogP contribution in [0, 0.1) is 5.82 Å². The normalized spacial score (nSPS) is 12.3. The van der Waals surface area contributed by atoms with Crippen LogP contribution in [0.5, 0.6) is 0 Å². The molecule has 0 saturated heterocycles. The molecule has 4 heteroatoms. The molecule has 0 bridgehead atoms. The summed E-state index contributed by atoms with van der Waals surface area (Å²) in [6.45, 7) is 0.225. The molecule has 0 heterocycles. The molecule has 1 aromatic rings. The van der Waals surface area contributed by atoms with Crippen LogP contribution in [-0.2, 0) is 4.79 Å². The van der Waals surface area contributed by atoms with E-state index in [1.54, 1.807) is 26.2 Å². The van der Waals surface area contributed by atoms with E-state index in [9.17, 15) is 9.18 Å². The van der Waals surface area contributed by atoms with Crippen molar-refractivity contribution in [2.24, 2.45) is 5.73 Å². The maximum atomic E-state index is 12.7. The average molecular weight is 210 g/mol. The van der Waals surface area contributed by atoms with E-state index in [-0.39, 0.29) is 24.2 Å². The SMILES string of the molecule is CN(C)C(=O)C(CN)c1ccc(F)cc1. The van der Waals surface area contributed by atoms with Crippen LogP contribution in [0.25, 0.3) is 0 Å². The van der Waals surface area contributed by atoms with Crippen LogP contribution in [-0.4, -0.2) is 31.4 Å². The molecule has 1 aromatic carbocycles. The molecule has 82 valence electrons. The molecular weight excluding hydrogens is 195 g/mol. The Morgan fingerprint density at radius 2 is 1.93 bits per heavy atom. The maximum absolute atomic E-state index is 12.7. The van der Waals surface area contributed by atoms with Crippen LogP contribution in [0.1, 0.15) is 11.5 Å². The molecule has 0 aliphatic rings. The first kappa shape index (κ1) is 11.7.